The van der Waals surface area contributed by atoms with Crippen molar-refractivity contribution in [3.8, 4) is 0 Å². The molecule has 1 aromatic rings. The maximum Gasteiger partial charge on any atom is 0.131 e. The summed E-state index contributed by atoms with van der Waals surface area (Å²) in [5, 5.41) is 3.82. The summed E-state index contributed by atoms with van der Waals surface area (Å²) in [4.78, 5) is 4.15. The van der Waals surface area contributed by atoms with E-state index >= 15 is 0 Å². The van der Waals surface area contributed by atoms with Crippen LogP contribution < -0.4 is 5.32 Å². The van der Waals surface area contributed by atoms with Gasteiger partial charge in [0, 0.05) is 6.04 Å². The lowest BCUT2D eigenvalue weighted by Crippen LogP contribution is -2.21. The molecule has 0 aliphatic carbocycles. The van der Waals surface area contributed by atoms with Gasteiger partial charge in [-0.15, -0.1) is 0 Å². The molecule has 1 heterocycles. The van der Waals surface area contributed by atoms with Crippen LogP contribution in [0.1, 0.15) is 20.8 Å². The van der Waals surface area contributed by atoms with Crippen LogP contribution in [0, 0.1) is 5.92 Å². The molecule has 0 fully saturated rings. The van der Waals surface area contributed by atoms with Crippen LogP contribution >= 0.6 is 11.6 Å². The summed E-state index contributed by atoms with van der Waals surface area (Å²) in [7, 11) is 0. The number of halogens is 1. The Morgan fingerprint density at radius 3 is 2.54 bits per heavy atom. The molecular formula is C10H15ClN2. The Morgan fingerprint density at radius 2 is 2.00 bits per heavy atom. The van der Waals surface area contributed by atoms with Gasteiger partial charge in [0.25, 0.3) is 0 Å². The average molecular weight is 199 g/mol. The SMILES string of the molecule is CC(C)C(C)Nc1cccc(Cl)n1. The van der Waals surface area contributed by atoms with Crippen LogP contribution in [-0.2, 0) is 0 Å². The normalized spacial score (nSPS) is 13.0. The highest BCUT2D eigenvalue weighted by atomic mass is 35.5. The third-order valence-corrected chi connectivity index (χ3v) is 2.30. The monoisotopic (exact) mass is 198 g/mol. The van der Waals surface area contributed by atoms with Gasteiger partial charge in [0.1, 0.15) is 11.0 Å². The van der Waals surface area contributed by atoms with Crippen LogP contribution in [0.5, 0.6) is 0 Å². The summed E-state index contributed by atoms with van der Waals surface area (Å²) in [6.07, 6.45) is 0. The van der Waals surface area contributed by atoms with Gasteiger partial charge in [-0.05, 0) is 25.0 Å². The van der Waals surface area contributed by atoms with Crippen LogP contribution in [0.2, 0.25) is 5.15 Å². The van der Waals surface area contributed by atoms with E-state index < -0.39 is 0 Å². The first-order valence-corrected chi connectivity index (χ1v) is 4.86. The van der Waals surface area contributed by atoms with Gasteiger partial charge in [0.15, 0.2) is 0 Å². The molecule has 1 rings (SSSR count). The van der Waals surface area contributed by atoms with Crippen molar-refractivity contribution in [2.45, 2.75) is 26.8 Å². The topological polar surface area (TPSA) is 24.9 Å². The van der Waals surface area contributed by atoms with Crippen molar-refractivity contribution in [1.29, 1.82) is 0 Å². The predicted octanol–water partition coefficient (Wildman–Crippen LogP) is 3.19. The summed E-state index contributed by atoms with van der Waals surface area (Å²) in [5.41, 5.74) is 0. The van der Waals surface area contributed by atoms with E-state index in [1.807, 2.05) is 12.1 Å². The molecule has 0 aliphatic rings. The zero-order chi connectivity index (χ0) is 9.84. The highest BCUT2D eigenvalue weighted by molar-refractivity contribution is 6.29. The third kappa shape index (κ3) is 3.23. The number of anilines is 1. The minimum absolute atomic E-state index is 0.408. The summed E-state index contributed by atoms with van der Waals surface area (Å²) in [5.74, 6) is 1.43. The molecule has 72 valence electrons. The molecule has 0 aromatic carbocycles. The molecule has 1 aromatic heterocycles. The van der Waals surface area contributed by atoms with Crippen LogP contribution in [0.15, 0.2) is 18.2 Å². The van der Waals surface area contributed by atoms with E-state index in [4.69, 9.17) is 11.6 Å². The van der Waals surface area contributed by atoms with Gasteiger partial charge in [0.05, 0.1) is 0 Å². The van der Waals surface area contributed by atoms with Crippen LogP contribution in [0.25, 0.3) is 0 Å². The number of nitrogens with one attached hydrogen (secondary N) is 1. The fourth-order valence-corrected chi connectivity index (χ4v) is 1.05. The molecule has 0 bridgehead atoms. The maximum atomic E-state index is 5.76. The second kappa shape index (κ2) is 4.47. The van der Waals surface area contributed by atoms with Crippen molar-refractivity contribution < 1.29 is 0 Å². The molecule has 3 heteroatoms. The first-order valence-electron chi connectivity index (χ1n) is 4.48. The smallest absolute Gasteiger partial charge is 0.131 e. The summed E-state index contributed by atoms with van der Waals surface area (Å²) in [6, 6.07) is 5.99. The lowest BCUT2D eigenvalue weighted by molar-refractivity contribution is 0.558. The fourth-order valence-electron chi connectivity index (χ4n) is 0.889. The van der Waals surface area contributed by atoms with E-state index in [1.165, 1.54) is 0 Å². The highest BCUT2D eigenvalue weighted by Crippen LogP contribution is 2.12. The largest absolute Gasteiger partial charge is 0.367 e. The Balaban J connectivity index is 2.64. The molecule has 0 amide bonds. The second-order valence-electron chi connectivity index (χ2n) is 3.52. The summed E-state index contributed by atoms with van der Waals surface area (Å²) >= 11 is 5.76. The number of rotatable bonds is 3. The van der Waals surface area contributed by atoms with Crippen molar-refractivity contribution in [2.24, 2.45) is 5.92 Å². The molecule has 0 spiro atoms. The van der Waals surface area contributed by atoms with E-state index in [2.05, 4.69) is 31.1 Å². The predicted molar refractivity (Wildman–Crippen MR) is 57.2 cm³/mol. The number of nitrogens with zero attached hydrogens (tertiary/aromatic N) is 1. The zero-order valence-electron chi connectivity index (χ0n) is 8.21. The molecular weight excluding hydrogens is 184 g/mol. The van der Waals surface area contributed by atoms with Crippen molar-refractivity contribution in [2.75, 3.05) is 5.32 Å². The zero-order valence-corrected chi connectivity index (χ0v) is 8.97. The van der Waals surface area contributed by atoms with Crippen LogP contribution in [-0.4, -0.2) is 11.0 Å². The maximum absolute atomic E-state index is 5.76. The van der Waals surface area contributed by atoms with Gasteiger partial charge in [-0.25, -0.2) is 4.98 Å². The van der Waals surface area contributed by atoms with E-state index in [0.717, 1.165) is 5.82 Å². The first-order chi connectivity index (χ1) is 6.09. The lowest BCUT2D eigenvalue weighted by atomic mass is 10.1. The highest BCUT2D eigenvalue weighted by Gasteiger charge is 2.06. The Kier molecular flexibility index (Phi) is 3.55. The fraction of sp³-hybridized carbons (Fsp3) is 0.500. The quantitative estimate of drug-likeness (QED) is 0.755. The van der Waals surface area contributed by atoms with E-state index in [9.17, 15) is 0 Å². The molecule has 0 radical (unpaired) electrons. The molecule has 0 aliphatic heterocycles. The third-order valence-electron chi connectivity index (χ3n) is 2.09. The Morgan fingerprint density at radius 1 is 1.31 bits per heavy atom. The second-order valence-corrected chi connectivity index (χ2v) is 3.91. The van der Waals surface area contributed by atoms with Gasteiger partial charge in [-0.1, -0.05) is 31.5 Å². The van der Waals surface area contributed by atoms with Crippen LogP contribution in [0.4, 0.5) is 5.82 Å². The number of hydrogen-bond donors (Lipinski definition) is 1. The van der Waals surface area contributed by atoms with E-state index in [0.29, 0.717) is 17.1 Å². The minimum atomic E-state index is 0.408. The van der Waals surface area contributed by atoms with Crippen molar-refractivity contribution in [1.82, 2.24) is 4.98 Å². The van der Waals surface area contributed by atoms with Gasteiger partial charge < -0.3 is 5.32 Å². The first kappa shape index (κ1) is 10.3. The van der Waals surface area contributed by atoms with Gasteiger partial charge in [-0.2, -0.15) is 0 Å². The van der Waals surface area contributed by atoms with Gasteiger partial charge in [-0.3, -0.25) is 0 Å². The molecule has 2 nitrogen and oxygen atoms in total. The number of pyridine rings is 1. The Bertz CT molecular complexity index is 273. The summed E-state index contributed by atoms with van der Waals surface area (Å²) < 4.78 is 0. The molecule has 1 N–H and O–H groups in total. The number of hydrogen-bond acceptors (Lipinski definition) is 2. The van der Waals surface area contributed by atoms with Gasteiger partial charge in [0.2, 0.25) is 0 Å². The molecule has 1 atom stereocenters. The Labute approximate surface area is 84.3 Å². The van der Waals surface area contributed by atoms with Crippen molar-refractivity contribution in [3.63, 3.8) is 0 Å². The summed E-state index contributed by atoms with van der Waals surface area (Å²) in [6.45, 7) is 6.47. The lowest BCUT2D eigenvalue weighted by Gasteiger charge is -2.17. The number of aromatic nitrogens is 1. The van der Waals surface area contributed by atoms with E-state index in [1.54, 1.807) is 6.07 Å². The standard InChI is InChI=1S/C10H15ClN2/c1-7(2)8(3)12-10-6-4-5-9(11)13-10/h4-8H,1-3H3,(H,12,13). The van der Waals surface area contributed by atoms with Crippen LogP contribution in [0.3, 0.4) is 0 Å². The van der Waals surface area contributed by atoms with Crippen molar-refractivity contribution >= 4 is 17.4 Å². The molecule has 0 saturated heterocycles. The molecule has 0 saturated carbocycles. The Hall–Kier alpha value is -0.760. The van der Waals surface area contributed by atoms with Crippen molar-refractivity contribution in [3.05, 3.63) is 23.4 Å². The van der Waals surface area contributed by atoms with Gasteiger partial charge >= 0.3 is 0 Å². The molecule has 1 unspecified atom stereocenters. The minimum Gasteiger partial charge on any atom is -0.367 e. The average Bonchev–Trinajstić information content (AvgIpc) is 2.04. The van der Waals surface area contributed by atoms with E-state index in [-0.39, 0.29) is 0 Å². The molecule has 13 heavy (non-hydrogen) atoms.